The molecule has 27 heavy (non-hydrogen) atoms. The highest BCUT2D eigenvalue weighted by atomic mass is 16.5. The first-order chi connectivity index (χ1) is 13.1. The highest BCUT2D eigenvalue weighted by molar-refractivity contribution is 5.76. The van der Waals surface area contributed by atoms with Crippen molar-refractivity contribution < 1.29 is 9.53 Å². The van der Waals surface area contributed by atoms with E-state index in [9.17, 15) is 4.79 Å². The van der Waals surface area contributed by atoms with Crippen LogP contribution in [0.25, 0.3) is 0 Å². The molecule has 1 N–H and O–H groups in total. The van der Waals surface area contributed by atoms with Crippen LogP contribution in [0.4, 0.5) is 0 Å². The van der Waals surface area contributed by atoms with Gasteiger partial charge in [0.15, 0.2) is 0 Å². The van der Waals surface area contributed by atoms with E-state index in [1.54, 1.807) is 12.4 Å². The van der Waals surface area contributed by atoms with E-state index < -0.39 is 0 Å². The third-order valence-corrected chi connectivity index (χ3v) is 5.51. The van der Waals surface area contributed by atoms with E-state index in [1.165, 1.54) is 5.56 Å². The Morgan fingerprint density at radius 3 is 2.70 bits per heavy atom. The number of ether oxygens (including phenoxy) is 1. The Morgan fingerprint density at radius 1 is 1.22 bits per heavy atom. The molecule has 1 amide bonds. The molecule has 1 aromatic carbocycles. The van der Waals surface area contributed by atoms with Crippen LogP contribution in [0.3, 0.4) is 0 Å². The van der Waals surface area contributed by atoms with Crippen molar-refractivity contribution in [2.24, 2.45) is 11.3 Å². The number of amides is 1. The van der Waals surface area contributed by atoms with E-state index in [1.807, 2.05) is 18.2 Å². The molecule has 144 valence electrons. The minimum atomic E-state index is -0.0481. The van der Waals surface area contributed by atoms with Crippen molar-refractivity contribution in [3.63, 3.8) is 0 Å². The van der Waals surface area contributed by atoms with Crippen molar-refractivity contribution in [2.75, 3.05) is 6.61 Å². The normalized spacial score (nSPS) is 22.6. The maximum Gasteiger partial charge on any atom is 0.220 e. The summed E-state index contributed by atoms with van der Waals surface area (Å²) in [7, 11) is 0. The molecule has 2 aromatic rings. The Balaban J connectivity index is 1.70. The SMILES string of the molecule is CC(C)[C@@H]1C[C@](CC(=O)NCc2cccnc2)(Cc2ccccc2)CCO1. The summed E-state index contributed by atoms with van der Waals surface area (Å²) in [6.07, 6.45) is 7.06. The molecule has 0 radical (unpaired) electrons. The summed E-state index contributed by atoms with van der Waals surface area (Å²) in [6, 6.07) is 14.4. The van der Waals surface area contributed by atoms with Crippen LogP contribution < -0.4 is 5.32 Å². The lowest BCUT2D eigenvalue weighted by molar-refractivity contribution is -0.128. The summed E-state index contributed by atoms with van der Waals surface area (Å²) in [5.74, 6) is 0.568. The van der Waals surface area contributed by atoms with Crippen LogP contribution in [-0.2, 0) is 22.5 Å². The molecule has 0 aliphatic carbocycles. The zero-order chi connectivity index (χ0) is 19.1. The van der Waals surface area contributed by atoms with Gasteiger partial charge in [-0.05, 0) is 47.8 Å². The van der Waals surface area contributed by atoms with Crippen molar-refractivity contribution in [3.05, 3.63) is 66.0 Å². The second kappa shape index (κ2) is 9.14. The van der Waals surface area contributed by atoms with Gasteiger partial charge in [-0.25, -0.2) is 0 Å². The molecule has 0 spiro atoms. The number of nitrogens with one attached hydrogen (secondary N) is 1. The van der Waals surface area contributed by atoms with Crippen molar-refractivity contribution in [1.82, 2.24) is 10.3 Å². The largest absolute Gasteiger partial charge is 0.378 e. The average molecular weight is 367 g/mol. The third kappa shape index (κ3) is 5.64. The van der Waals surface area contributed by atoms with Crippen molar-refractivity contribution in [2.45, 2.75) is 52.2 Å². The first-order valence-electron chi connectivity index (χ1n) is 9.87. The topological polar surface area (TPSA) is 51.2 Å². The van der Waals surface area contributed by atoms with Crippen LogP contribution >= 0.6 is 0 Å². The van der Waals surface area contributed by atoms with E-state index in [-0.39, 0.29) is 17.4 Å². The Hall–Kier alpha value is -2.20. The molecule has 1 aliphatic heterocycles. The van der Waals surface area contributed by atoms with Gasteiger partial charge >= 0.3 is 0 Å². The number of hydrogen-bond donors (Lipinski definition) is 1. The van der Waals surface area contributed by atoms with Crippen LogP contribution in [0, 0.1) is 11.3 Å². The molecule has 2 atom stereocenters. The van der Waals surface area contributed by atoms with Crippen molar-refractivity contribution >= 4 is 5.91 Å². The van der Waals surface area contributed by atoms with Gasteiger partial charge in [0.05, 0.1) is 6.10 Å². The number of hydrogen-bond acceptors (Lipinski definition) is 3. The van der Waals surface area contributed by atoms with Crippen LogP contribution in [0.5, 0.6) is 0 Å². The molecule has 1 fully saturated rings. The van der Waals surface area contributed by atoms with Crippen LogP contribution in [0.15, 0.2) is 54.9 Å². The van der Waals surface area contributed by atoms with E-state index in [4.69, 9.17) is 4.74 Å². The Morgan fingerprint density at radius 2 is 2.00 bits per heavy atom. The van der Waals surface area contributed by atoms with E-state index >= 15 is 0 Å². The maximum atomic E-state index is 12.8. The fraction of sp³-hybridized carbons (Fsp3) is 0.478. The molecule has 3 rings (SSSR count). The minimum absolute atomic E-state index is 0.0481. The summed E-state index contributed by atoms with van der Waals surface area (Å²) in [4.78, 5) is 16.9. The highest BCUT2D eigenvalue weighted by Crippen LogP contribution is 2.41. The van der Waals surface area contributed by atoms with Gasteiger partial charge < -0.3 is 10.1 Å². The number of carbonyl (C=O) groups excluding carboxylic acids is 1. The molecule has 0 unspecified atom stereocenters. The smallest absolute Gasteiger partial charge is 0.220 e. The molecular formula is C23H30N2O2. The van der Waals surface area contributed by atoms with Crippen LogP contribution in [-0.4, -0.2) is 23.6 Å². The Labute approximate surface area is 162 Å². The third-order valence-electron chi connectivity index (χ3n) is 5.51. The quantitative estimate of drug-likeness (QED) is 0.801. The number of aromatic nitrogens is 1. The summed E-state index contributed by atoms with van der Waals surface area (Å²) >= 11 is 0. The lowest BCUT2D eigenvalue weighted by Gasteiger charge is -2.42. The molecule has 4 heteroatoms. The highest BCUT2D eigenvalue weighted by Gasteiger charge is 2.39. The van der Waals surface area contributed by atoms with Gasteiger partial charge in [0.2, 0.25) is 5.91 Å². The number of rotatable bonds is 7. The zero-order valence-electron chi connectivity index (χ0n) is 16.4. The second-order valence-electron chi connectivity index (χ2n) is 8.08. The van der Waals surface area contributed by atoms with Crippen LogP contribution in [0.1, 0.15) is 44.2 Å². The summed E-state index contributed by atoms with van der Waals surface area (Å²) < 4.78 is 6.00. The standard InChI is InChI=1S/C23H30N2O2/c1-18(2)21-14-23(10-12-27-21,13-19-7-4-3-5-8-19)15-22(26)25-17-20-9-6-11-24-16-20/h3-9,11,16,18,21H,10,12-15,17H2,1-2H3,(H,25,26)/t21-,23+/m0/s1. The molecular weight excluding hydrogens is 336 g/mol. The fourth-order valence-corrected chi connectivity index (χ4v) is 3.96. The van der Waals surface area contributed by atoms with Gasteiger partial charge in [0.1, 0.15) is 0 Å². The summed E-state index contributed by atoms with van der Waals surface area (Å²) in [5, 5.41) is 3.08. The second-order valence-corrected chi connectivity index (χ2v) is 8.08. The first kappa shape index (κ1) is 19.6. The average Bonchev–Trinajstić information content (AvgIpc) is 2.68. The monoisotopic (exact) mass is 366 g/mol. The number of nitrogens with zero attached hydrogens (tertiary/aromatic N) is 1. The molecule has 4 nitrogen and oxygen atoms in total. The van der Waals surface area contributed by atoms with Gasteiger partial charge in [-0.3, -0.25) is 9.78 Å². The first-order valence-corrected chi connectivity index (χ1v) is 9.87. The molecule has 1 aromatic heterocycles. The fourth-order valence-electron chi connectivity index (χ4n) is 3.96. The van der Waals surface area contributed by atoms with E-state index in [2.05, 4.69) is 48.4 Å². The van der Waals surface area contributed by atoms with E-state index in [0.717, 1.165) is 31.4 Å². The summed E-state index contributed by atoms with van der Waals surface area (Å²) in [5.41, 5.74) is 2.27. The van der Waals surface area contributed by atoms with Gasteiger partial charge in [0, 0.05) is 32.0 Å². The molecule has 0 bridgehead atoms. The lowest BCUT2D eigenvalue weighted by atomic mass is 9.69. The zero-order valence-corrected chi connectivity index (χ0v) is 16.4. The molecule has 1 saturated heterocycles. The Bertz CT molecular complexity index is 718. The number of benzene rings is 1. The number of pyridine rings is 1. The predicted octanol–water partition coefficient (Wildman–Crippen LogP) is 4.15. The van der Waals surface area contributed by atoms with Gasteiger partial charge in [-0.2, -0.15) is 0 Å². The van der Waals surface area contributed by atoms with Gasteiger partial charge in [0.25, 0.3) is 0 Å². The van der Waals surface area contributed by atoms with Crippen molar-refractivity contribution in [3.8, 4) is 0 Å². The van der Waals surface area contributed by atoms with E-state index in [0.29, 0.717) is 18.9 Å². The molecule has 0 saturated carbocycles. The summed E-state index contributed by atoms with van der Waals surface area (Å²) in [6.45, 7) is 5.65. The number of carbonyl (C=O) groups is 1. The lowest BCUT2D eigenvalue weighted by Crippen LogP contribution is -2.42. The Kier molecular flexibility index (Phi) is 6.62. The molecule has 1 aliphatic rings. The van der Waals surface area contributed by atoms with Gasteiger partial charge in [-0.15, -0.1) is 0 Å². The van der Waals surface area contributed by atoms with Gasteiger partial charge in [-0.1, -0.05) is 50.2 Å². The van der Waals surface area contributed by atoms with Crippen molar-refractivity contribution in [1.29, 1.82) is 0 Å². The molecule has 2 heterocycles. The maximum absolute atomic E-state index is 12.8. The van der Waals surface area contributed by atoms with Crippen LogP contribution in [0.2, 0.25) is 0 Å². The predicted molar refractivity (Wildman–Crippen MR) is 107 cm³/mol. The minimum Gasteiger partial charge on any atom is -0.378 e.